The summed E-state index contributed by atoms with van der Waals surface area (Å²) < 4.78 is 0. The van der Waals surface area contributed by atoms with Gasteiger partial charge in [0.2, 0.25) is 5.82 Å². The van der Waals surface area contributed by atoms with Crippen molar-refractivity contribution >= 4 is 5.91 Å². The fraction of sp³-hybridized carbons (Fsp3) is 0.250. The number of amides is 1. The molecule has 2 rings (SSSR count). The molecule has 18 heavy (non-hydrogen) atoms. The zero-order valence-corrected chi connectivity index (χ0v) is 9.77. The highest BCUT2D eigenvalue weighted by Gasteiger charge is 2.08. The Morgan fingerprint density at radius 1 is 1.28 bits per heavy atom. The summed E-state index contributed by atoms with van der Waals surface area (Å²) in [5, 5.41) is 8.38. The summed E-state index contributed by atoms with van der Waals surface area (Å²) in [4.78, 5) is 24.6. The van der Waals surface area contributed by atoms with Gasteiger partial charge in [-0.05, 0) is 18.4 Å². The molecule has 0 fully saturated rings. The maximum atomic E-state index is 11.5. The summed E-state index contributed by atoms with van der Waals surface area (Å²) in [5.41, 5.74) is 0.754. The van der Waals surface area contributed by atoms with E-state index in [1.54, 1.807) is 0 Å². The van der Waals surface area contributed by atoms with E-state index in [4.69, 9.17) is 0 Å². The molecular weight excluding hydrogens is 232 g/mol. The van der Waals surface area contributed by atoms with E-state index in [0.29, 0.717) is 6.54 Å². The summed E-state index contributed by atoms with van der Waals surface area (Å²) in [6.45, 7) is 0.544. The molecule has 0 atom stereocenters. The van der Waals surface area contributed by atoms with Crippen LogP contribution in [0.2, 0.25) is 0 Å². The SMILES string of the molecule is O=C(NCCCc1ccccc1)c1n[nH]c(=O)[nH]1. The summed E-state index contributed by atoms with van der Waals surface area (Å²) in [5.74, 6) is -0.360. The molecule has 0 aliphatic heterocycles. The molecule has 0 unspecified atom stereocenters. The first-order valence-corrected chi connectivity index (χ1v) is 5.72. The van der Waals surface area contributed by atoms with Gasteiger partial charge in [-0.1, -0.05) is 30.3 Å². The lowest BCUT2D eigenvalue weighted by Gasteiger charge is -2.03. The Morgan fingerprint density at radius 3 is 2.72 bits per heavy atom. The van der Waals surface area contributed by atoms with Crippen molar-refractivity contribution in [3.05, 3.63) is 52.2 Å². The van der Waals surface area contributed by atoms with E-state index in [1.807, 2.05) is 30.3 Å². The first kappa shape index (κ1) is 12.1. The Hall–Kier alpha value is -2.37. The number of nitrogens with one attached hydrogen (secondary N) is 3. The highest BCUT2D eigenvalue weighted by molar-refractivity contribution is 5.90. The van der Waals surface area contributed by atoms with Gasteiger partial charge in [0, 0.05) is 6.54 Å². The minimum absolute atomic E-state index is 0.0136. The minimum Gasteiger partial charge on any atom is -0.349 e. The number of hydrogen-bond acceptors (Lipinski definition) is 3. The third-order valence-corrected chi connectivity index (χ3v) is 2.49. The van der Waals surface area contributed by atoms with Gasteiger partial charge in [-0.15, -0.1) is 5.10 Å². The van der Waals surface area contributed by atoms with Crippen molar-refractivity contribution in [3.63, 3.8) is 0 Å². The number of carbonyl (C=O) groups excluding carboxylic acids is 1. The fourth-order valence-corrected chi connectivity index (χ4v) is 1.60. The molecule has 94 valence electrons. The molecule has 6 nitrogen and oxygen atoms in total. The van der Waals surface area contributed by atoms with E-state index >= 15 is 0 Å². The molecule has 0 saturated heterocycles. The first-order chi connectivity index (χ1) is 8.75. The van der Waals surface area contributed by atoms with Crippen molar-refractivity contribution in [2.45, 2.75) is 12.8 Å². The van der Waals surface area contributed by atoms with Crippen LogP contribution in [0.5, 0.6) is 0 Å². The van der Waals surface area contributed by atoms with Crippen molar-refractivity contribution in [1.29, 1.82) is 0 Å². The van der Waals surface area contributed by atoms with Crippen molar-refractivity contribution < 1.29 is 4.79 Å². The van der Waals surface area contributed by atoms with Gasteiger partial charge < -0.3 is 5.32 Å². The molecule has 0 aliphatic rings. The van der Waals surface area contributed by atoms with E-state index in [-0.39, 0.29) is 11.7 Å². The van der Waals surface area contributed by atoms with Gasteiger partial charge in [-0.3, -0.25) is 9.78 Å². The zero-order chi connectivity index (χ0) is 12.8. The maximum absolute atomic E-state index is 11.5. The van der Waals surface area contributed by atoms with Crippen LogP contribution in [-0.2, 0) is 6.42 Å². The minimum atomic E-state index is -0.482. The number of aromatic nitrogens is 3. The second-order valence-electron chi connectivity index (χ2n) is 3.87. The van der Waals surface area contributed by atoms with E-state index in [1.165, 1.54) is 5.56 Å². The molecule has 0 bridgehead atoms. The Kier molecular flexibility index (Phi) is 3.90. The molecule has 0 radical (unpaired) electrons. The second kappa shape index (κ2) is 5.81. The van der Waals surface area contributed by atoms with Gasteiger partial charge in [0.15, 0.2) is 0 Å². The van der Waals surface area contributed by atoms with Gasteiger partial charge in [-0.25, -0.2) is 9.89 Å². The second-order valence-corrected chi connectivity index (χ2v) is 3.87. The maximum Gasteiger partial charge on any atom is 0.341 e. The Morgan fingerprint density at radius 2 is 2.06 bits per heavy atom. The molecule has 2 aromatic rings. The number of H-pyrrole nitrogens is 2. The lowest BCUT2D eigenvalue weighted by atomic mass is 10.1. The van der Waals surface area contributed by atoms with Crippen LogP contribution in [0.3, 0.4) is 0 Å². The van der Waals surface area contributed by atoms with Crippen molar-refractivity contribution in [1.82, 2.24) is 20.5 Å². The van der Waals surface area contributed by atoms with E-state index in [9.17, 15) is 9.59 Å². The highest BCUT2D eigenvalue weighted by Crippen LogP contribution is 2.01. The standard InChI is InChI=1S/C12H14N4O2/c17-11(10-14-12(18)16-15-10)13-8-4-7-9-5-2-1-3-6-9/h1-3,5-6H,4,7-8H2,(H,13,17)(H2,14,15,16,18). The van der Waals surface area contributed by atoms with Crippen LogP contribution in [0.15, 0.2) is 35.1 Å². The summed E-state index contributed by atoms with van der Waals surface area (Å²) in [7, 11) is 0. The largest absolute Gasteiger partial charge is 0.349 e. The zero-order valence-electron chi connectivity index (χ0n) is 9.77. The van der Waals surface area contributed by atoms with Crippen LogP contribution < -0.4 is 11.0 Å². The van der Waals surface area contributed by atoms with Gasteiger partial charge in [-0.2, -0.15) is 0 Å². The Labute approximate surface area is 103 Å². The number of nitrogens with zero attached hydrogens (tertiary/aromatic N) is 1. The summed E-state index contributed by atoms with van der Waals surface area (Å²) in [6.07, 6.45) is 1.74. The van der Waals surface area contributed by atoms with Gasteiger partial charge in [0.25, 0.3) is 5.91 Å². The topological polar surface area (TPSA) is 90.6 Å². The van der Waals surface area contributed by atoms with Crippen LogP contribution in [0.4, 0.5) is 0 Å². The van der Waals surface area contributed by atoms with E-state index in [2.05, 4.69) is 20.5 Å². The molecule has 0 aliphatic carbocycles. The lowest BCUT2D eigenvalue weighted by Crippen LogP contribution is -2.26. The van der Waals surface area contributed by atoms with Crippen LogP contribution in [-0.4, -0.2) is 27.6 Å². The summed E-state index contributed by atoms with van der Waals surface area (Å²) in [6, 6.07) is 10.0. The average Bonchev–Trinajstić information content (AvgIpc) is 2.82. The number of benzene rings is 1. The van der Waals surface area contributed by atoms with Crippen LogP contribution in [0.1, 0.15) is 22.6 Å². The van der Waals surface area contributed by atoms with Crippen LogP contribution >= 0.6 is 0 Å². The lowest BCUT2D eigenvalue weighted by molar-refractivity contribution is 0.0943. The third kappa shape index (κ3) is 3.31. The molecule has 3 N–H and O–H groups in total. The molecule has 6 heteroatoms. The van der Waals surface area contributed by atoms with E-state index in [0.717, 1.165) is 12.8 Å². The number of aromatic amines is 2. The molecule has 0 spiro atoms. The Balaban J connectivity index is 1.73. The first-order valence-electron chi connectivity index (χ1n) is 5.72. The monoisotopic (exact) mass is 246 g/mol. The summed E-state index contributed by atoms with van der Waals surface area (Å²) >= 11 is 0. The average molecular weight is 246 g/mol. The van der Waals surface area contributed by atoms with Crippen molar-refractivity contribution in [3.8, 4) is 0 Å². The molecule has 1 aromatic heterocycles. The van der Waals surface area contributed by atoms with Gasteiger partial charge in [0.05, 0.1) is 0 Å². The predicted octanol–water partition coefficient (Wildman–Crippen LogP) is 0.461. The normalized spacial score (nSPS) is 10.2. The number of hydrogen-bond donors (Lipinski definition) is 3. The molecule has 1 aromatic carbocycles. The van der Waals surface area contributed by atoms with Crippen LogP contribution in [0, 0.1) is 0 Å². The van der Waals surface area contributed by atoms with Gasteiger partial charge in [0.1, 0.15) is 0 Å². The third-order valence-electron chi connectivity index (χ3n) is 2.49. The molecule has 0 saturated carbocycles. The quantitative estimate of drug-likeness (QED) is 0.669. The Bertz CT molecular complexity index is 559. The smallest absolute Gasteiger partial charge is 0.341 e. The number of rotatable bonds is 5. The number of carbonyl (C=O) groups is 1. The predicted molar refractivity (Wildman–Crippen MR) is 66.3 cm³/mol. The van der Waals surface area contributed by atoms with Crippen LogP contribution in [0.25, 0.3) is 0 Å². The molecular formula is C12H14N4O2. The fourth-order valence-electron chi connectivity index (χ4n) is 1.60. The van der Waals surface area contributed by atoms with Crippen molar-refractivity contribution in [2.75, 3.05) is 6.54 Å². The highest BCUT2D eigenvalue weighted by atomic mass is 16.2. The molecule has 1 amide bonds. The van der Waals surface area contributed by atoms with Crippen molar-refractivity contribution in [2.24, 2.45) is 0 Å². The molecule has 1 heterocycles. The number of aryl methyl sites for hydroxylation is 1. The van der Waals surface area contributed by atoms with E-state index < -0.39 is 5.69 Å². The van der Waals surface area contributed by atoms with Gasteiger partial charge >= 0.3 is 5.69 Å².